The van der Waals surface area contributed by atoms with E-state index in [0.717, 1.165) is 0 Å². The Morgan fingerprint density at radius 1 is 1.35 bits per heavy atom. The summed E-state index contributed by atoms with van der Waals surface area (Å²) in [7, 11) is 0. The van der Waals surface area contributed by atoms with E-state index in [1.165, 1.54) is 35.1 Å². The van der Waals surface area contributed by atoms with Crippen molar-refractivity contribution in [3.05, 3.63) is 41.8 Å². The van der Waals surface area contributed by atoms with Crippen molar-refractivity contribution >= 4 is 17.6 Å². The van der Waals surface area contributed by atoms with Gasteiger partial charge in [0.1, 0.15) is 16.9 Å². The predicted octanol–water partition coefficient (Wildman–Crippen LogP) is 4.17. The second-order valence-electron chi connectivity index (χ2n) is 3.74. The largest absolute Gasteiger partial charge is 0.478 e. The fourth-order valence-electron chi connectivity index (χ4n) is 1.68. The molecule has 20 heavy (non-hydrogen) atoms. The number of alkyl halides is 1. The molecule has 0 amide bonds. The average molecular weight is 299 g/mol. The van der Waals surface area contributed by atoms with E-state index in [2.05, 4.69) is 5.10 Å². The Labute approximate surface area is 121 Å². The molecule has 0 radical (unpaired) electrons. The molecule has 1 atom stereocenters. The van der Waals surface area contributed by atoms with Gasteiger partial charge < -0.3 is 5.11 Å². The maximum atomic E-state index is 12.9. The molecule has 0 fully saturated rings. The Morgan fingerprint density at radius 2 is 1.90 bits per heavy atom. The van der Waals surface area contributed by atoms with Crippen molar-refractivity contribution in [2.24, 2.45) is 0 Å². The van der Waals surface area contributed by atoms with Crippen molar-refractivity contribution in [1.82, 2.24) is 9.78 Å². The molecule has 4 nitrogen and oxygen atoms in total. The summed E-state index contributed by atoms with van der Waals surface area (Å²) in [6, 6.07) is 5.51. The number of carbonyl (C=O) groups is 1. The predicted molar refractivity (Wildman–Crippen MR) is 76.5 cm³/mol. The Morgan fingerprint density at radius 3 is 2.35 bits per heavy atom. The minimum atomic E-state index is -1.10. The summed E-state index contributed by atoms with van der Waals surface area (Å²) in [4.78, 5) is 11.1. The molecule has 2 aromatic rings. The van der Waals surface area contributed by atoms with Gasteiger partial charge in [0, 0.05) is 5.56 Å². The normalized spacial score (nSPS) is 11.4. The molecule has 0 saturated carbocycles. The Balaban J connectivity index is 0.000000956. The summed E-state index contributed by atoms with van der Waals surface area (Å²) in [6.07, 6.45) is 1.24. The molecular weight excluding hydrogens is 283 g/mol. The topological polar surface area (TPSA) is 55.1 Å². The van der Waals surface area contributed by atoms with Gasteiger partial charge in [0.25, 0.3) is 0 Å². The summed E-state index contributed by atoms with van der Waals surface area (Å²) in [5, 5.41) is 13.1. The number of halogens is 2. The number of aromatic carboxylic acids is 1. The zero-order valence-corrected chi connectivity index (χ0v) is 12.2. The Hall–Kier alpha value is -1.88. The van der Waals surface area contributed by atoms with E-state index in [0.29, 0.717) is 11.3 Å². The molecule has 6 heteroatoms. The van der Waals surface area contributed by atoms with Crippen LogP contribution in [0.5, 0.6) is 0 Å². The zero-order chi connectivity index (χ0) is 15.3. The van der Waals surface area contributed by atoms with E-state index >= 15 is 0 Å². The molecule has 1 aromatic heterocycles. The van der Waals surface area contributed by atoms with Crippen LogP contribution < -0.4 is 0 Å². The zero-order valence-electron chi connectivity index (χ0n) is 11.5. The molecule has 1 aromatic carbocycles. The van der Waals surface area contributed by atoms with E-state index in [-0.39, 0.29) is 11.4 Å². The summed E-state index contributed by atoms with van der Waals surface area (Å²) in [5.74, 6) is -1.49. The fourth-order valence-corrected chi connectivity index (χ4v) is 1.83. The van der Waals surface area contributed by atoms with Crippen LogP contribution in [-0.2, 0) is 0 Å². The lowest BCUT2D eigenvalue weighted by molar-refractivity contribution is 0.0697. The van der Waals surface area contributed by atoms with Gasteiger partial charge in [-0.2, -0.15) is 5.10 Å². The molecule has 0 bridgehead atoms. The van der Waals surface area contributed by atoms with Crippen LogP contribution in [0.15, 0.2) is 30.5 Å². The van der Waals surface area contributed by atoms with Crippen molar-refractivity contribution in [2.75, 3.05) is 0 Å². The van der Waals surface area contributed by atoms with E-state index in [4.69, 9.17) is 16.7 Å². The number of aromatic nitrogens is 2. The third kappa shape index (κ3) is 3.36. The molecule has 108 valence electrons. The van der Waals surface area contributed by atoms with Gasteiger partial charge in [0.05, 0.1) is 11.9 Å². The molecule has 1 unspecified atom stereocenters. The third-order valence-corrected chi connectivity index (χ3v) is 2.67. The van der Waals surface area contributed by atoms with Crippen molar-refractivity contribution in [1.29, 1.82) is 0 Å². The van der Waals surface area contributed by atoms with Gasteiger partial charge in [-0.05, 0) is 31.2 Å². The smallest absolute Gasteiger partial charge is 0.339 e. The van der Waals surface area contributed by atoms with E-state index in [9.17, 15) is 9.18 Å². The van der Waals surface area contributed by atoms with Crippen molar-refractivity contribution < 1.29 is 14.3 Å². The van der Waals surface area contributed by atoms with Gasteiger partial charge in [-0.15, -0.1) is 0 Å². The molecule has 0 aliphatic rings. The van der Waals surface area contributed by atoms with Gasteiger partial charge in [-0.3, -0.25) is 0 Å². The minimum absolute atomic E-state index is 0.0362. The molecule has 0 aliphatic carbocycles. The molecule has 2 rings (SSSR count). The van der Waals surface area contributed by atoms with Crippen LogP contribution in [0.3, 0.4) is 0 Å². The molecule has 1 heterocycles. The highest BCUT2D eigenvalue weighted by Gasteiger charge is 2.20. The van der Waals surface area contributed by atoms with Crippen LogP contribution in [0.2, 0.25) is 0 Å². The van der Waals surface area contributed by atoms with Crippen molar-refractivity contribution in [2.45, 2.75) is 26.3 Å². The molecule has 0 aliphatic heterocycles. The van der Waals surface area contributed by atoms with Gasteiger partial charge >= 0.3 is 5.97 Å². The highest BCUT2D eigenvalue weighted by atomic mass is 35.5. The lowest BCUT2D eigenvalue weighted by Crippen LogP contribution is -2.05. The lowest BCUT2D eigenvalue weighted by atomic mass is 10.1. The van der Waals surface area contributed by atoms with Gasteiger partial charge in [-0.1, -0.05) is 25.4 Å². The SMILES string of the molecule is CC.CC(Cl)n1ncc(C(=O)O)c1-c1ccc(F)cc1. The number of hydrogen-bond acceptors (Lipinski definition) is 2. The highest BCUT2D eigenvalue weighted by Crippen LogP contribution is 2.28. The average Bonchev–Trinajstić information content (AvgIpc) is 2.87. The number of hydrogen-bond donors (Lipinski definition) is 1. The van der Waals surface area contributed by atoms with E-state index < -0.39 is 11.5 Å². The van der Waals surface area contributed by atoms with Crippen LogP contribution >= 0.6 is 11.6 Å². The standard InChI is InChI=1S/C12H10ClFN2O2.C2H6/c1-7(13)16-11(10(6-15-16)12(17)18)8-2-4-9(14)5-3-8;1-2/h2-7H,1H3,(H,17,18);1-2H3. The first-order valence-electron chi connectivity index (χ1n) is 6.21. The maximum absolute atomic E-state index is 12.9. The van der Waals surface area contributed by atoms with Crippen molar-refractivity contribution in [3.63, 3.8) is 0 Å². The molecule has 1 N–H and O–H groups in total. The van der Waals surface area contributed by atoms with Crippen LogP contribution in [0, 0.1) is 5.82 Å². The summed E-state index contributed by atoms with van der Waals surface area (Å²) in [5.41, 5.74) is 0.455. The number of rotatable bonds is 3. The van der Waals surface area contributed by atoms with Crippen LogP contribution in [0.1, 0.15) is 36.6 Å². The number of carboxylic acid groups (broad SMARTS) is 1. The Kier molecular flexibility index (Phi) is 5.70. The maximum Gasteiger partial charge on any atom is 0.339 e. The second-order valence-corrected chi connectivity index (χ2v) is 4.37. The third-order valence-electron chi connectivity index (χ3n) is 2.48. The highest BCUT2D eigenvalue weighted by molar-refractivity contribution is 6.19. The number of benzene rings is 1. The van der Waals surface area contributed by atoms with E-state index in [1.54, 1.807) is 6.92 Å². The van der Waals surface area contributed by atoms with Crippen LogP contribution in [-0.4, -0.2) is 20.9 Å². The van der Waals surface area contributed by atoms with Crippen LogP contribution in [0.25, 0.3) is 11.3 Å². The molecule has 0 saturated heterocycles. The Bertz CT molecular complexity index is 579. The summed E-state index contributed by atoms with van der Waals surface area (Å²) >= 11 is 5.94. The first kappa shape index (κ1) is 16.2. The quantitative estimate of drug-likeness (QED) is 0.865. The van der Waals surface area contributed by atoms with Crippen LogP contribution in [0.4, 0.5) is 4.39 Å². The lowest BCUT2D eigenvalue weighted by Gasteiger charge is -2.10. The number of nitrogens with zero attached hydrogens (tertiary/aromatic N) is 2. The molecular formula is C14H16ClFN2O2. The van der Waals surface area contributed by atoms with Gasteiger partial charge in [0.2, 0.25) is 0 Å². The van der Waals surface area contributed by atoms with Gasteiger partial charge in [0.15, 0.2) is 0 Å². The molecule has 0 spiro atoms. The van der Waals surface area contributed by atoms with Crippen molar-refractivity contribution in [3.8, 4) is 11.3 Å². The first-order chi connectivity index (χ1) is 9.50. The fraction of sp³-hybridized carbons (Fsp3) is 0.286. The minimum Gasteiger partial charge on any atom is -0.478 e. The summed E-state index contributed by atoms with van der Waals surface area (Å²) < 4.78 is 14.3. The first-order valence-corrected chi connectivity index (χ1v) is 6.65. The number of carboxylic acids is 1. The van der Waals surface area contributed by atoms with E-state index in [1.807, 2.05) is 13.8 Å². The summed E-state index contributed by atoms with van der Waals surface area (Å²) in [6.45, 7) is 5.67. The monoisotopic (exact) mass is 298 g/mol. The second kappa shape index (κ2) is 7.05. The van der Waals surface area contributed by atoms with Gasteiger partial charge in [-0.25, -0.2) is 13.9 Å².